The molecule has 0 aliphatic carbocycles. The number of likely N-dealkylation sites (tertiary alicyclic amines) is 1. The first-order valence-corrected chi connectivity index (χ1v) is 14.9. The lowest BCUT2D eigenvalue weighted by atomic mass is 9.66. The molecule has 9 heteroatoms. The fourth-order valence-electron chi connectivity index (χ4n) is 7.27. The molecule has 5 atom stereocenters. The summed E-state index contributed by atoms with van der Waals surface area (Å²) in [5.74, 6) is -2.05. The van der Waals surface area contributed by atoms with Gasteiger partial charge in [0.05, 0.1) is 17.4 Å². The average molecular weight is 567 g/mol. The maximum atomic E-state index is 14.6. The molecule has 0 radical (unpaired) electrons. The van der Waals surface area contributed by atoms with Crippen molar-refractivity contribution in [2.45, 2.75) is 63.7 Å². The molecule has 2 bridgehead atoms. The number of fused-ring (bicyclic) bond motifs is 1. The lowest BCUT2D eigenvalue weighted by Gasteiger charge is -2.37. The number of unbranched alkanes of at least 4 members (excludes halogenated alkanes) is 1. The van der Waals surface area contributed by atoms with Gasteiger partial charge in [-0.05, 0) is 70.7 Å². The highest BCUT2D eigenvalue weighted by atomic mass is 16.5. The van der Waals surface area contributed by atoms with Crippen LogP contribution in [-0.2, 0) is 19.1 Å². The number of likely N-dealkylation sites (N-methyl/N-ethyl adjacent to an activating group) is 1. The first-order chi connectivity index (χ1) is 19.6. The molecule has 41 heavy (non-hydrogen) atoms. The zero-order valence-electron chi connectivity index (χ0n) is 25.1. The zero-order chi connectivity index (χ0) is 29.9. The van der Waals surface area contributed by atoms with E-state index in [9.17, 15) is 19.5 Å². The van der Waals surface area contributed by atoms with Crippen molar-refractivity contribution in [2.75, 3.05) is 56.2 Å². The predicted octanol–water partition coefficient (Wildman–Crippen LogP) is 3.23. The van der Waals surface area contributed by atoms with Crippen LogP contribution in [0.15, 0.2) is 49.6 Å². The smallest absolute Gasteiger partial charge is 0.253 e. The van der Waals surface area contributed by atoms with E-state index in [-0.39, 0.29) is 30.9 Å². The maximum Gasteiger partial charge on any atom is 0.253 e. The number of amides is 3. The standard InChI is InChI=1S/C32H46N4O5/c1-7-19-33(6)28(38)25-26-29(39)36(21-11-12-22-37)27(32(26)18-17-31(25,5)41-32)30(40)35(20-8-2)24-15-13-23(14-16-24)34(9-3)10-4/h7-8,13-16,25-27,37H,1-2,9-12,17-22H2,3-6H3/t25-,26+,27?,31+,32?/m1/s1. The number of rotatable bonds is 14. The summed E-state index contributed by atoms with van der Waals surface area (Å²) in [7, 11) is 1.71. The second-order valence-corrected chi connectivity index (χ2v) is 11.6. The molecule has 3 fully saturated rings. The van der Waals surface area contributed by atoms with Crippen molar-refractivity contribution in [3.05, 3.63) is 49.6 Å². The third-order valence-corrected chi connectivity index (χ3v) is 9.23. The number of aliphatic hydroxyl groups is 1. The van der Waals surface area contributed by atoms with Gasteiger partial charge in [-0.1, -0.05) is 12.2 Å². The van der Waals surface area contributed by atoms with Gasteiger partial charge in [0, 0.05) is 57.8 Å². The number of hydrogen-bond donors (Lipinski definition) is 1. The second-order valence-electron chi connectivity index (χ2n) is 11.6. The summed E-state index contributed by atoms with van der Waals surface area (Å²) in [5, 5.41) is 9.43. The maximum absolute atomic E-state index is 14.6. The van der Waals surface area contributed by atoms with Crippen molar-refractivity contribution >= 4 is 29.1 Å². The Labute approximate surface area is 244 Å². The van der Waals surface area contributed by atoms with Gasteiger partial charge in [0.15, 0.2) is 0 Å². The molecule has 1 aromatic rings. The van der Waals surface area contributed by atoms with Crippen LogP contribution >= 0.6 is 0 Å². The van der Waals surface area contributed by atoms with E-state index in [2.05, 4.69) is 31.9 Å². The van der Waals surface area contributed by atoms with Gasteiger partial charge in [0.1, 0.15) is 11.6 Å². The number of carbonyl (C=O) groups excluding carboxylic acids is 3. The Morgan fingerprint density at radius 1 is 1.05 bits per heavy atom. The molecule has 9 nitrogen and oxygen atoms in total. The summed E-state index contributed by atoms with van der Waals surface area (Å²) >= 11 is 0. The molecular weight excluding hydrogens is 520 g/mol. The molecule has 3 aliphatic rings. The van der Waals surface area contributed by atoms with Gasteiger partial charge in [-0.25, -0.2) is 0 Å². The van der Waals surface area contributed by atoms with Crippen LogP contribution in [0.2, 0.25) is 0 Å². The fraction of sp³-hybridized carbons (Fsp3) is 0.594. The van der Waals surface area contributed by atoms with E-state index >= 15 is 0 Å². The van der Waals surface area contributed by atoms with Crippen LogP contribution in [0.5, 0.6) is 0 Å². The molecular formula is C32H46N4O5. The van der Waals surface area contributed by atoms with Crippen LogP contribution in [0.25, 0.3) is 0 Å². The Kier molecular flexibility index (Phi) is 9.29. The minimum Gasteiger partial charge on any atom is -0.396 e. The number of hydrogen-bond acceptors (Lipinski definition) is 6. The quantitative estimate of drug-likeness (QED) is 0.275. The minimum atomic E-state index is -1.10. The van der Waals surface area contributed by atoms with Crippen molar-refractivity contribution in [3.8, 4) is 0 Å². The molecule has 3 amide bonds. The van der Waals surface area contributed by atoms with Crippen LogP contribution in [0.1, 0.15) is 46.5 Å². The van der Waals surface area contributed by atoms with Gasteiger partial charge < -0.3 is 29.4 Å². The van der Waals surface area contributed by atoms with E-state index in [4.69, 9.17) is 4.74 Å². The van der Waals surface area contributed by atoms with Gasteiger partial charge in [-0.3, -0.25) is 14.4 Å². The number of benzene rings is 1. The molecule has 1 N–H and O–H groups in total. The van der Waals surface area contributed by atoms with Gasteiger partial charge >= 0.3 is 0 Å². The van der Waals surface area contributed by atoms with Crippen LogP contribution in [-0.4, -0.2) is 96.3 Å². The average Bonchev–Trinajstić information content (AvgIpc) is 3.53. The number of aliphatic hydroxyl groups excluding tert-OH is 1. The number of carbonyl (C=O) groups is 3. The Bertz CT molecular complexity index is 1150. The highest BCUT2D eigenvalue weighted by Crippen LogP contribution is 2.63. The van der Waals surface area contributed by atoms with Crippen LogP contribution in [0.3, 0.4) is 0 Å². The lowest BCUT2D eigenvalue weighted by Crippen LogP contribution is -2.56. The normalized spacial score (nSPS) is 28.0. The molecule has 0 aromatic heterocycles. The predicted molar refractivity (Wildman–Crippen MR) is 161 cm³/mol. The number of ether oxygens (including phenoxy) is 1. The molecule has 1 spiro atoms. The van der Waals surface area contributed by atoms with Crippen LogP contribution in [0, 0.1) is 11.8 Å². The molecule has 2 unspecified atom stereocenters. The first kappa shape index (κ1) is 30.8. The second kappa shape index (κ2) is 12.4. The molecule has 224 valence electrons. The molecule has 3 aliphatic heterocycles. The molecule has 4 rings (SSSR count). The van der Waals surface area contributed by atoms with Gasteiger partial charge in [0.25, 0.3) is 5.91 Å². The topological polar surface area (TPSA) is 93.6 Å². The van der Waals surface area contributed by atoms with Gasteiger partial charge in [-0.2, -0.15) is 0 Å². The zero-order valence-corrected chi connectivity index (χ0v) is 25.1. The summed E-state index contributed by atoms with van der Waals surface area (Å²) in [6.07, 6.45) is 5.50. The van der Waals surface area contributed by atoms with Crippen molar-refractivity contribution in [1.29, 1.82) is 0 Å². The minimum absolute atomic E-state index is 0.00127. The Hall–Kier alpha value is -3.17. The Morgan fingerprint density at radius 2 is 1.68 bits per heavy atom. The van der Waals surface area contributed by atoms with Crippen molar-refractivity contribution < 1.29 is 24.2 Å². The van der Waals surface area contributed by atoms with E-state index in [1.807, 2.05) is 31.2 Å². The van der Waals surface area contributed by atoms with E-state index in [0.717, 1.165) is 18.8 Å². The molecule has 3 saturated heterocycles. The third-order valence-electron chi connectivity index (χ3n) is 9.23. The number of anilines is 2. The van der Waals surface area contributed by atoms with E-state index in [1.165, 1.54) is 0 Å². The summed E-state index contributed by atoms with van der Waals surface area (Å²) in [6, 6.07) is 7.00. The van der Waals surface area contributed by atoms with E-state index < -0.39 is 29.1 Å². The van der Waals surface area contributed by atoms with Gasteiger partial charge in [0.2, 0.25) is 11.8 Å². The van der Waals surface area contributed by atoms with Crippen molar-refractivity contribution in [1.82, 2.24) is 9.80 Å². The largest absolute Gasteiger partial charge is 0.396 e. The molecule has 3 heterocycles. The highest BCUT2D eigenvalue weighted by Gasteiger charge is 2.78. The molecule has 1 aromatic carbocycles. The van der Waals surface area contributed by atoms with Crippen molar-refractivity contribution in [2.24, 2.45) is 11.8 Å². The highest BCUT2D eigenvalue weighted by molar-refractivity contribution is 6.05. The molecule has 0 saturated carbocycles. The summed E-state index contributed by atoms with van der Waals surface area (Å²) in [5.41, 5.74) is -0.152. The summed E-state index contributed by atoms with van der Waals surface area (Å²) in [4.78, 5) is 49.7. The van der Waals surface area contributed by atoms with Gasteiger partial charge in [-0.15, -0.1) is 13.2 Å². The van der Waals surface area contributed by atoms with E-state index in [1.54, 1.807) is 33.9 Å². The summed E-state index contributed by atoms with van der Waals surface area (Å²) in [6.45, 7) is 16.4. The Morgan fingerprint density at radius 3 is 2.27 bits per heavy atom. The first-order valence-electron chi connectivity index (χ1n) is 14.9. The third kappa shape index (κ3) is 5.18. The van der Waals surface area contributed by atoms with Crippen LogP contribution in [0.4, 0.5) is 11.4 Å². The number of nitrogens with zero attached hydrogens (tertiary/aromatic N) is 4. The SMILES string of the molecule is C=CCN(C)C(=O)[C@H]1[C@H]2C(=O)N(CCCCO)C(C(=O)N(CC=C)c3ccc(N(CC)CC)cc3)C23CC[C@]1(C)O3. The monoisotopic (exact) mass is 566 g/mol. The van der Waals surface area contributed by atoms with Crippen molar-refractivity contribution in [3.63, 3.8) is 0 Å². The van der Waals surface area contributed by atoms with E-state index in [0.29, 0.717) is 44.5 Å². The van der Waals surface area contributed by atoms with Crippen LogP contribution < -0.4 is 9.80 Å². The Balaban J connectivity index is 1.75. The fourth-order valence-corrected chi connectivity index (χ4v) is 7.27. The summed E-state index contributed by atoms with van der Waals surface area (Å²) < 4.78 is 6.75. The lowest BCUT2D eigenvalue weighted by molar-refractivity contribution is -0.149.